The maximum Gasteiger partial charge on any atom is 0.300 e. The number of benzene rings is 1. The average molecular weight is 433 g/mol. The summed E-state index contributed by atoms with van der Waals surface area (Å²) in [5.41, 5.74) is 1.64. The number of nitriles is 1. The Morgan fingerprint density at radius 3 is 2.38 bits per heavy atom. The minimum atomic E-state index is 0.271. The molecule has 3 aliphatic rings. The molecule has 0 bridgehead atoms. The van der Waals surface area contributed by atoms with Gasteiger partial charge in [0.2, 0.25) is 0 Å². The van der Waals surface area contributed by atoms with Gasteiger partial charge in [-0.3, -0.25) is 4.90 Å². The van der Waals surface area contributed by atoms with Gasteiger partial charge >= 0.3 is 5.70 Å². The number of piperidine rings is 2. The summed E-state index contributed by atoms with van der Waals surface area (Å²) < 4.78 is 0. The van der Waals surface area contributed by atoms with Crippen LogP contribution in [0.3, 0.4) is 0 Å². The van der Waals surface area contributed by atoms with E-state index in [1.165, 1.54) is 37.9 Å². The molecule has 3 heterocycles. The second-order valence-corrected chi connectivity index (χ2v) is 9.33. The molecule has 0 aromatic heterocycles. The first kappa shape index (κ1) is 22.6. The fraction of sp³-hybridized carbons (Fsp3) is 0.615. The van der Waals surface area contributed by atoms with Gasteiger partial charge in [-0.2, -0.15) is 0 Å². The van der Waals surface area contributed by atoms with Gasteiger partial charge in [-0.1, -0.05) is 36.8 Å². The molecule has 32 heavy (non-hydrogen) atoms. The molecule has 0 N–H and O–H groups in total. The summed E-state index contributed by atoms with van der Waals surface area (Å²) in [6, 6.07) is 13.3. The normalized spacial score (nSPS) is 22.6. The average Bonchev–Trinajstić information content (AvgIpc) is 3.25. The topological polar surface area (TPSA) is 41.1 Å². The van der Waals surface area contributed by atoms with Crippen molar-refractivity contribution in [3.63, 3.8) is 0 Å². The first-order chi connectivity index (χ1) is 15.8. The fourth-order valence-electron chi connectivity index (χ4n) is 5.50. The monoisotopic (exact) mass is 432 g/mol. The summed E-state index contributed by atoms with van der Waals surface area (Å²) in [7, 11) is 0. The van der Waals surface area contributed by atoms with Crippen LogP contribution in [0.4, 0.5) is 0 Å². The molecule has 6 heteroatoms. The molecular weight excluding hydrogens is 396 g/mol. The molecule has 0 spiro atoms. The van der Waals surface area contributed by atoms with Gasteiger partial charge in [-0.15, -0.1) is 0 Å². The Labute approximate surface area is 193 Å². The van der Waals surface area contributed by atoms with Crippen LogP contribution >= 0.6 is 0 Å². The van der Waals surface area contributed by atoms with E-state index in [1.54, 1.807) is 0 Å². The van der Waals surface area contributed by atoms with Crippen molar-refractivity contribution < 1.29 is 0 Å². The van der Waals surface area contributed by atoms with E-state index in [0.717, 1.165) is 70.9 Å². The van der Waals surface area contributed by atoms with E-state index in [1.807, 2.05) is 0 Å². The molecule has 1 aromatic rings. The van der Waals surface area contributed by atoms with Crippen LogP contribution < -0.4 is 0 Å². The minimum Gasteiger partial charge on any atom is -0.365 e. The van der Waals surface area contributed by atoms with Crippen LogP contribution in [0.25, 0.3) is 4.85 Å². The first-order valence-electron chi connectivity index (χ1n) is 12.3. The zero-order valence-corrected chi connectivity index (χ0v) is 19.3. The number of hydrogen-bond acceptors (Lipinski definition) is 5. The maximum absolute atomic E-state index is 9.66. The lowest BCUT2D eigenvalue weighted by molar-refractivity contribution is 0.133. The second-order valence-electron chi connectivity index (χ2n) is 9.33. The Morgan fingerprint density at radius 1 is 0.938 bits per heavy atom. The van der Waals surface area contributed by atoms with E-state index in [2.05, 4.69) is 60.8 Å². The standard InChI is InChI=1S/C26H36N6/c1-28-25(21-27)26-31(16-8-15-29-13-6-3-7-14-29)19-20-32(26)24-11-17-30(18-12-24)22-23-9-4-2-5-10-23/h2,4-5,9-10,24H,3,6-8,11-20,22H2. The van der Waals surface area contributed by atoms with E-state index in [0.29, 0.717) is 6.04 Å². The molecular formula is C26H36N6. The number of allylic oxidation sites excluding steroid dienone is 1. The van der Waals surface area contributed by atoms with Crippen LogP contribution in [-0.2, 0) is 6.54 Å². The highest BCUT2D eigenvalue weighted by molar-refractivity contribution is 5.34. The third-order valence-corrected chi connectivity index (χ3v) is 7.21. The first-order valence-corrected chi connectivity index (χ1v) is 12.3. The Hall–Kier alpha value is -2.54. The molecule has 4 rings (SSSR count). The molecule has 0 saturated carbocycles. The fourth-order valence-corrected chi connectivity index (χ4v) is 5.50. The lowest BCUT2D eigenvalue weighted by Gasteiger charge is -2.39. The molecule has 0 unspecified atom stereocenters. The third-order valence-electron chi connectivity index (χ3n) is 7.21. The summed E-state index contributed by atoms with van der Waals surface area (Å²) in [4.78, 5) is 13.4. The molecule has 0 aliphatic carbocycles. The van der Waals surface area contributed by atoms with Gasteiger partial charge < -0.3 is 14.7 Å². The SMILES string of the molecule is [C-]#[N+]C(C#N)=C1N(CCCN2CCCCC2)CCN1C1CCN(Cc2ccccc2)CC1. The Morgan fingerprint density at radius 2 is 1.69 bits per heavy atom. The zero-order valence-electron chi connectivity index (χ0n) is 19.3. The predicted octanol–water partition coefficient (Wildman–Crippen LogP) is 3.76. The summed E-state index contributed by atoms with van der Waals surface area (Å²) in [6.45, 7) is 17.1. The van der Waals surface area contributed by atoms with Gasteiger partial charge in [0.05, 0.1) is 12.6 Å². The Balaban J connectivity index is 1.34. The van der Waals surface area contributed by atoms with E-state index >= 15 is 0 Å². The van der Waals surface area contributed by atoms with Crippen molar-refractivity contribution in [2.75, 3.05) is 52.4 Å². The van der Waals surface area contributed by atoms with Crippen LogP contribution in [-0.4, -0.2) is 78.0 Å². The van der Waals surface area contributed by atoms with Gasteiger partial charge in [0.1, 0.15) is 5.82 Å². The molecule has 6 nitrogen and oxygen atoms in total. The van der Waals surface area contributed by atoms with Crippen molar-refractivity contribution in [2.45, 2.75) is 51.1 Å². The van der Waals surface area contributed by atoms with Crippen LogP contribution in [0.15, 0.2) is 41.8 Å². The maximum atomic E-state index is 9.66. The van der Waals surface area contributed by atoms with Crippen LogP contribution in [0.1, 0.15) is 44.1 Å². The van der Waals surface area contributed by atoms with Gasteiger partial charge in [-0.05, 0) is 57.3 Å². The Bertz CT molecular complexity index is 821. The van der Waals surface area contributed by atoms with Crippen molar-refractivity contribution in [1.82, 2.24) is 19.6 Å². The van der Waals surface area contributed by atoms with Crippen LogP contribution in [0.2, 0.25) is 0 Å². The van der Waals surface area contributed by atoms with E-state index in [-0.39, 0.29) is 5.70 Å². The van der Waals surface area contributed by atoms with E-state index in [4.69, 9.17) is 6.57 Å². The molecule has 170 valence electrons. The zero-order chi connectivity index (χ0) is 22.2. The number of nitrogens with zero attached hydrogens (tertiary/aromatic N) is 6. The van der Waals surface area contributed by atoms with Gasteiger partial charge in [-0.25, -0.2) is 10.1 Å². The van der Waals surface area contributed by atoms with Crippen molar-refractivity contribution in [3.8, 4) is 6.07 Å². The number of hydrogen-bond donors (Lipinski definition) is 0. The van der Waals surface area contributed by atoms with Crippen molar-refractivity contribution in [3.05, 3.63) is 58.8 Å². The van der Waals surface area contributed by atoms with Gasteiger partial charge in [0.25, 0.3) is 0 Å². The van der Waals surface area contributed by atoms with Gasteiger partial charge in [0, 0.05) is 45.3 Å². The molecule has 0 atom stereocenters. The smallest absolute Gasteiger partial charge is 0.300 e. The highest BCUT2D eigenvalue weighted by Crippen LogP contribution is 2.30. The number of likely N-dealkylation sites (tertiary alicyclic amines) is 2. The molecule has 3 aliphatic heterocycles. The lowest BCUT2D eigenvalue weighted by Crippen LogP contribution is -2.44. The van der Waals surface area contributed by atoms with Crippen molar-refractivity contribution in [1.29, 1.82) is 5.26 Å². The van der Waals surface area contributed by atoms with Crippen molar-refractivity contribution in [2.24, 2.45) is 0 Å². The van der Waals surface area contributed by atoms with Crippen LogP contribution in [0, 0.1) is 17.9 Å². The minimum absolute atomic E-state index is 0.271. The number of rotatable bonds is 7. The highest BCUT2D eigenvalue weighted by Gasteiger charge is 2.34. The molecule has 0 radical (unpaired) electrons. The molecule has 0 amide bonds. The molecule has 1 aromatic carbocycles. The quantitative estimate of drug-likeness (QED) is 0.485. The van der Waals surface area contributed by atoms with Gasteiger partial charge in [0.15, 0.2) is 0 Å². The summed E-state index contributed by atoms with van der Waals surface area (Å²) >= 11 is 0. The lowest BCUT2D eigenvalue weighted by atomic mass is 10.0. The molecule has 3 fully saturated rings. The predicted molar refractivity (Wildman–Crippen MR) is 127 cm³/mol. The summed E-state index contributed by atoms with van der Waals surface area (Å²) in [6.07, 6.45) is 7.29. The second kappa shape index (κ2) is 11.4. The Kier molecular flexibility index (Phi) is 8.04. The van der Waals surface area contributed by atoms with E-state index in [9.17, 15) is 5.26 Å². The molecule has 3 saturated heterocycles. The van der Waals surface area contributed by atoms with E-state index < -0.39 is 0 Å². The summed E-state index contributed by atoms with van der Waals surface area (Å²) in [5, 5.41) is 9.66. The summed E-state index contributed by atoms with van der Waals surface area (Å²) in [5.74, 6) is 0.905. The third kappa shape index (κ3) is 5.63. The van der Waals surface area contributed by atoms with Crippen molar-refractivity contribution >= 4 is 0 Å². The highest BCUT2D eigenvalue weighted by atomic mass is 15.4. The largest absolute Gasteiger partial charge is 0.365 e. The van der Waals surface area contributed by atoms with Crippen LogP contribution in [0.5, 0.6) is 0 Å².